The quantitative estimate of drug-likeness (QED) is 0.514. The van der Waals surface area contributed by atoms with Crippen LogP contribution in [0.25, 0.3) is 21.9 Å². The van der Waals surface area contributed by atoms with E-state index in [1.54, 1.807) is 7.11 Å². The van der Waals surface area contributed by atoms with Crippen molar-refractivity contribution in [2.24, 2.45) is 0 Å². The lowest BCUT2D eigenvalue weighted by atomic mass is 10.2. The number of methoxy groups -OCH3 is 1. The van der Waals surface area contributed by atoms with Gasteiger partial charge in [-0.1, -0.05) is 12.1 Å². The Balaban J connectivity index is 1.19. The van der Waals surface area contributed by atoms with Crippen LogP contribution in [0.5, 0.6) is 5.75 Å². The summed E-state index contributed by atoms with van der Waals surface area (Å²) >= 11 is 0. The van der Waals surface area contributed by atoms with E-state index in [9.17, 15) is 4.79 Å². The topological polar surface area (TPSA) is 82.2 Å². The lowest BCUT2D eigenvalue weighted by Gasteiger charge is -2.35. The van der Waals surface area contributed by atoms with Crippen LogP contribution in [0.4, 0.5) is 5.82 Å². The number of anilines is 1. The molecule has 8 nitrogen and oxygen atoms in total. The van der Waals surface area contributed by atoms with Crippen LogP contribution in [0.15, 0.2) is 47.3 Å². The normalized spacial score (nSPS) is 15.3. The second-order valence-electron chi connectivity index (χ2n) is 7.74. The standard InChI is InChI=1S/C22H26N6O2/c1-30-16-7-8-18-17(15-16)21(25-24-18)27-13-11-26(12-14-27)9-4-10-28-20-6-3-2-5-19(20)23-22(28)29/h2-3,5-8,15H,4,9-14H2,1H3,(H,23,29)(H,24,25). The molecule has 0 atom stereocenters. The molecule has 1 saturated heterocycles. The summed E-state index contributed by atoms with van der Waals surface area (Å²) in [5, 5.41) is 8.76. The van der Waals surface area contributed by atoms with E-state index in [0.717, 1.165) is 79.2 Å². The van der Waals surface area contributed by atoms with Crippen molar-refractivity contribution < 1.29 is 4.74 Å². The Labute approximate surface area is 174 Å². The molecule has 0 unspecified atom stereocenters. The molecule has 0 radical (unpaired) electrons. The smallest absolute Gasteiger partial charge is 0.326 e. The Morgan fingerprint density at radius 3 is 2.70 bits per heavy atom. The number of nitrogens with one attached hydrogen (secondary N) is 2. The van der Waals surface area contributed by atoms with Gasteiger partial charge >= 0.3 is 5.69 Å². The summed E-state index contributed by atoms with van der Waals surface area (Å²) in [6.45, 7) is 5.55. The number of para-hydroxylation sites is 2. The lowest BCUT2D eigenvalue weighted by molar-refractivity contribution is 0.250. The van der Waals surface area contributed by atoms with Crippen LogP contribution >= 0.6 is 0 Å². The van der Waals surface area contributed by atoms with Crippen molar-refractivity contribution in [1.29, 1.82) is 0 Å². The monoisotopic (exact) mass is 406 g/mol. The largest absolute Gasteiger partial charge is 0.497 e. The molecule has 2 N–H and O–H groups in total. The number of ether oxygens (including phenoxy) is 1. The lowest BCUT2D eigenvalue weighted by Crippen LogP contribution is -2.47. The number of piperazine rings is 1. The molecule has 2 aromatic heterocycles. The van der Waals surface area contributed by atoms with Crippen LogP contribution in [-0.4, -0.2) is 64.5 Å². The number of benzene rings is 2. The number of H-pyrrole nitrogens is 2. The van der Waals surface area contributed by atoms with E-state index in [0.29, 0.717) is 0 Å². The second kappa shape index (κ2) is 7.87. The summed E-state index contributed by atoms with van der Waals surface area (Å²) in [6, 6.07) is 13.9. The Morgan fingerprint density at radius 2 is 1.87 bits per heavy atom. The number of hydrogen-bond donors (Lipinski definition) is 2. The first-order valence-electron chi connectivity index (χ1n) is 10.4. The predicted molar refractivity (Wildman–Crippen MR) is 118 cm³/mol. The SMILES string of the molecule is COc1ccc2[nH]nc(N3CCN(CCCn4c(=O)[nH]c5ccccc54)CC3)c2c1. The fourth-order valence-corrected chi connectivity index (χ4v) is 4.31. The summed E-state index contributed by atoms with van der Waals surface area (Å²) < 4.78 is 7.21. The fourth-order valence-electron chi connectivity index (χ4n) is 4.31. The van der Waals surface area contributed by atoms with Gasteiger partial charge in [-0.3, -0.25) is 14.6 Å². The first-order valence-corrected chi connectivity index (χ1v) is 10.4. The molecule has 0 spiro atoms. The highest BCUT2D eigenvalue weighted by Crippen LogP contribution is 2.28. The van der Waals surface area contributed by atoms with E-state index in [2.05, 4.69) is 25.0 Å². The third-order valence-corrected chi connectivity index (χ3v) is 5.96. The molecule has 5 rings (SSSR count). The zero-order valence-corrected chi connectivity index (χ0v) is 17.1. The number of fused-ring (bicyclic) bond motifs is 2. The third-order valence-electron chi connectivity index (χ3n) is 5.96. The average molecular weight is 406 g/mol. The van der Waals surface area contributed by atoms with E-state index in [-0.39, 0.29) is 5.69 Å². The molecule has 0 aliphatic carbocycles. The number of rotatable bonds is 6. The molecule has 30 heavy (non-hydrogen) atoms. The minimum absolute atomic E-state index is 0.0261. The highest BCUT2D eigenvalue weighted by atomic mass is 16.5. The molecule has 0 bridgehead atoms. The van der Waals surface area contributed by atoms with E-state index in [1.165, 1.54) is 0 Å². The average Bonchev–Trinajstić information content (AvgIpc) is 3.34. The Hall–Kier alpha value is -3.26. The molecule has 3 heterocycles. The molecule has 1 fully saturated rings. The number of aromatic amines is 2. The van der Waals surface area contributed by atoms with E-state index < -0.39 is 0 Å². The number of aryl methyl sites for hydroxylation is 1. The highest BCUT2D eigenvalue weighted by molar-refractivity contribution is 5.91. The second-order valence-corrected chi connectivity index (χ2v) is 7.74. The van der Waals surface area contributed by atoms with Gasteiger partial charge in [-0.25, -0.2) is 4.79 Å². The van der Waals surface area contributed by atoms with Crippen LogP contribution < -0.4 is 15.3 Å². The van der Waals surface area contributed by atoms with Gasteiger partial charge in [-0.2, -0.15) is 5.10 Å². The van der Waals surface area contributed by atoms with Gasteiger partial charge in [0.05, 0.1) is 23.7 Å². The predicted octanol–water partition coefficient (Wildman–Crippen LogP) is 2.43. The first kappa shape index (κ1) is 18.7. The third kappa shape index (κ3) is 3.43. The minimum atomic E-state index is -0.0261. The maximum atomic E-state index is 12.2. The van der Waals surface area contributed by atoms with Gasteiger partial charge in [0.1, 0.15) is 5.75 Å². The number of nitrogens with zero attached hydrogens (tertiary/aromatic N) is 4. The van der Waals surface area contributed by atoms with Gasteiger partial charge in [0.25, 0.3) is 0 Å². The summed E-state index contributed by atoms with van der Waals surface area (Å²) in [5.74, 6) is 1.84. The number of imidazole rings is 1. The summed E-state index contributed by atoms with van der Waals surface area (Å²) in [7, 11) is 1.68. The summed E-state index contributed by atoms with van der Waals surface area (Å²) in [4.78, 5) is 19.9. The molecule has 1 aliphatic rings. The molecule has 156 valence electrons. The van der Waals surface area contributed by atoms with Crippen molar-refractivity contribution >= 4 is 27.8 Å². The zero-order valence-electron chi connectivity index (χ0n) is 17.1. The van der Waals surface area contributed by atoms with Gasteiger partial charge < -0.3 is 14.6 Å². The number of hydrogen-bond acceptors (Lipinski definition) is 5. The van der Waals surface area contributed by atoms with Gasteiger partial charge in [-0.05, 0) is 43.3 Å². The molecule has 0 amide bonds. The van der Waals surface area contributed by atoms with E-state index in [1.807, 2.05) is 47.0 Å². The van der Waals surface area contributed by atoms with Gasteiger partial charge in [0, 0.05) is 38.1 Å². The van der Waals surface area contributed by atoms with Crippen LogP contribution in [0, 0.1) is 0 Å². The van der Waals surface area contributed by atoms with Gasteiger partial charge in [0.15, 0.2) is 5.82 Å². The van der Waals surface area contributed by atoms with Crippen molar-refractivity contribution in [2.75, 3.05) is 44.7 Å². The van der Waals surface area contributed by atoms with Crippen LogP contribution in [0.1, 0.15) is 6.42 Å². The van der Waals surface area contributed by atoms with E-state index in [4.69, 9.17) is 4.74 Å². The molecule has 0 saturated carbocycles. The fraction of sp³-hybridized carbons (Fsp3) is 0.364. The summed E-state index contributed by atoms with van der Waals surface area (Å²) in [6.07, 6.45) is 0.949. The molecule has 4 aromatic rings. The van der Waals surface area contributed by atoms with Crippen molar-refractivity contribution in [3.8, 4) is 5.75 Å². The van der Waals surface area contributed by atoms with Crippen LogP contribution in [-0.2, 0) is 6.54 Å². The van der Waals surface area contributed by atoms with Crippen molar-refractivity contribution in [3.63, 3.8) is 0 Å². The van der Waals surface area contributed by atoms with Gasteiger partial charge in [0.2, 0.25) is 0 Å². The van der Waals surface area contributed by atoms with Crippen molar-refractivity contribution in [3.05, 3.63) is 52.9 Å². The van der Waals surface area contributed by atoms with Crippen molar-refractivity contribution in [2.45, 2.75) is 13.0 Å². The minimum Gasteiger partial charge on any atom is -0.497 e. The Kier molecular flexibility index (Phi) is 4.92. The van der Waals surface area contributed by atoms with Crippen molar-refractivity contribution in [1.82, 2.24) is 24.6 Å². The molecule has 1 aliphatic heterocycles. The molecule has 8 heteroatoms. The summed E-state index contributed by atoms with van der Waals surface area (Å²) in [5.41, 5.74) is 2.88. The first-order chi connectivity index (χ1) is 14.7. The Morgan fingerprint density at radius 1 is 1.03 bits per heavy atom. The zero-order chi connectivity index (χ0) is 20.5. The molecule has 2 aromatic carbocycles. The van der Waals surface area contributed by atoms with Crippen LogP contribution in [0.2, 0.25) is 0 Å². The van der Waals surface area contributed by atoms with E-state index >= 15 is 0 Å². The van der Waals surface area contributed by atoms with Gasteiger partial charge in [-0.15, -0.1) is 0 Å². The maximum Gasteiger partial charge on any atom is 0.326 e. The molecular formula is C22H26N6O2. The molecular weight excluding hydrogens is 380 g/mol. The number of aromatic nitrogens is 4. The maximum absolute atomic E-state index is 12.2. The van der Waals surface area contributed by atoms with Crippen LogP contribution in [0.3, 0.4) is 0 Å². The highest BCUT2D eigenvalue weighted by Gasteiger charge is 2.21. The Bertz CT molecular complexity index is 1220.